The summed E-state index contributed by atoms with van der Waals surface area (Å²) < 4.78 is 0. The SMILES string of the molecule is CC(C)(C)C1=CC(=Nc2cccc3cccc(N)c23)C=C(C(C)(C)C)C1=O. The number of rotatable bonds is 1. The first-order valence-electron chi connectivity index (χ1n) is 9.33. The summed E-state index contributed by atoms with van der Waals surface area (Å²) in [6.45, 7) is 12.4. The van der Waals surface area contributed by atoms with Crippen LogP contribution in [0, 0.1) is 10.8 Å². The number of carbonyl (C=O) groups excluding carboxylic acids is 1. The largest absolute Gasteiger partial charge is 0.398 e. The second-order valence-electron chi connectivity index (χ2n) is 9.20. The Hall–Kier alpha value is -2.68. The summed E-state index contributed by atoms with van der Waals surface area (Å²) in [4.78, 5) is 18.0. The van der Waals surface area contributed by atoms with Gasteiger partial charge in [-0.15, -0.1) is 0 Å². The van der Waals surface area contributed by atoms with Crippen LogP contribution in [0.4, 0.5) is 11.4 Å². The van der Waals surface area contributed by atoms with E-state index in [1.54, 1.807) is 0 Å². The van der Waals surface area contributed by atoms with Crippen molar-refractivity contribution in [1.82, 2.24) is 0 Å². The molecule has 3 nitrogen and oxygen atoms in total. The Kier molecular flexibility index (Phi) is 4.59. The number of benzene rings is 2. The number of nitrogens with two attached hydrogens (primary N) is 1. The van der Waals surface area contributed by atoms with Gasteiger partial charge in [0.2, 0.25) is 0 Å². The van der Waals surface area contributed by atoms with E-state index in [0.29, 0.717) is 5.69 Å². The van der Waals surface area contributed by atoms with E-state index in [2.05, 4.69) is 41.5 Å². The first kappa shape index (κ1) is 19.1. The van der Waals surface area contributed by atoms with Gasteiger partial charge in [0.25, 0.3) is 0 Å². The molecule has 0 radical (unpaired) electrons. The fraction of sp³-hybridized carbons (Fsp3) is 0.333. The van der Waals surface area contributed by atoms with E-state index in [9.17, 15) is 4.79 Å². The zero-order valence-corrected chi connectivity index (χ0v) is 17.1. The molecule has 2 aromatic carbocycles. The molecule has 2 N–H and O–H groups in total. The summed E-state index contributed by atoms with van der Waals surface area (Å²) in [5.41, 5.74) is 9.63. The van der Waals surface area contributed by atoms with Gasteiger partial charge in [-0.1, -0.05) is 65.8 Å². The number of allylic oxidation sites excluding steroid dienone is 4. The van der Waals surface area contributed by atoms with Gasteiger partial charge >= 0.3 is 0 Å². The van der Waals surface area contributed by atoms with E-state index in [0.717, 1.165) is 33.3 Å². The molecular formula is C24H28N2O. The normalized spacial score (nSPS) is 15.6. The van der Waals surface area contributed by atoms with Gasteiger partial charge < -0.3 is 5.73 Å². The number of fused-ring (bicyclic) bond motifs is 1. The molecule has 0 bridgehead atoms. The van der Waals surface area contributed by atoms with Gasteiger partial charge in [-0.3, -0.25) is 4.79 Å². The van der Waals surface area contributed by atoms with Crippen molar-refractivity contribution in [2.24, 2.45) is 15.8 Å². The van der Waals surface area contributed by atoms with E-state index in [1.165, 1.54) is 0 Å². The molecule has 140 valence electrons. The molecule has 0 aliphatic heterocycles. The lowest BCUT2D eigenvalue weighted by Crippen LogP contribution is -2.29. The molecule has 27 heavy (non-hydrogen) atoms. The van der Waals surface area contributed by atoms with Crippen molar-refractivity contribution < 1.29 is 4.79 Å². The average Bonchev–Trinajstić information content (AvgIpc) is 2.54. The maximum Gasteiger partial charge on any atom is 0.186 e. The number of hydrogen-bond acceptors (Lipinski definition) is 3. The van der Waals surface area contributed by atoms with Crippen LogP contribution in [0.15, 0.2) is 64.7 Å². The highest BCUT2D eigenvalue weighted by atomic mass is 16.1. The van der Waals surface area contributed by atoms with Crippen LogP contribution >= 0.6 is 0 Å². The summed E-state index contributed by atoms with van der Waals surface area (Å²) >= 11 is 0. The minimum atomic E-state index is -0.250. The van der Waals surface area contributed by atoms with E-state index < -0.39 is 0 Å². The summed E-state index contributed by atoms with van der Waals surface area (Å²) in [7, 11) is 0. The predicted octanol–water partition coefficient (Wildman–Crippen LogP) is 6.02. The second kappa shape index (κ2) is 6.49. The van der Waals surface area contributed by atoms with Crippen molar-refractivity contribution >= 4 is 33.6 Å². The monoisotopic (exact) mass is 360 g/mol. The van der Waals surface area contributed by atoms with Crippen molar-refractivity contribution in [3.05, 3.63) is 59.7 Å². The molecule has 0 atom stereocenters. The maximum absolute atomic E-state index is 13.1. The Morgan fingerprint density at radius 2 is 1.33 bits per heavy atom. The van der Waals surface area contributed by atoms with E-state index in [-0.39, 0.29) is 16.6 Å². The molecule has 0 saturated carbocycles. The van der Waals surface area contributed by atoms with E-state index >= 15 is 0 Å². The number of Topliss-reactive ketones (excluding diaryl/α,β-unsaturated/α-hetero) is 1. The third-order valence-corrected chi connectivity index (χ3v) is 4.85. The molecule has 1 aliphatic rings. The maximum atomic E-state index is 13.1. The summed E-state index contributed by atoms with van der Waals surface area (Å²) in [5.74, 6) is 0.117. The number of ketones is 1. The van der Waals surface area contributed by atoms with Crippen molar-refractivity contribution in [2.75, 3.05) is 5.73 Å². The van der Waals surface area contributed by atoms with Crippen molar-refractivity contribution in [3.8, 4) is 0 Å². The molecule has 2 aromatic rings. The first-order chi connectivity index (χ1) is 12.5. The number of nitrogen functional groups attached to an aromatic ring is 1. The summed E-state index contributed by atoms with van der Waals surface area (Å²) in [6.07, 6.45) is 3.85. The lowest BCUT2D eigenvalue weighted by atomic mass is 9.72. The van der Waals surface area contributed by atoms with Gasteiger partial charge in [0, 0.05) is 22.2 Å². The van der Waals surface area contributed by atoms with Gasteiger partial charge in [-0.2, -0.15) is 0 Å². The van der Waals surface area contributed by atoms with Crippen LogP contribution in [-0.4, -0.2) is 11.5 Å². The minimum absolute atomic E-state index is 0.117. The molecule has 0 heterocycles. The molecule has 0 aromatic heterocycles. The Balaban J connectivity index is 2.24. The van der Waals surface area contributed by atoms with Gasteiger partial charge in [0.05, 0.1) is 11.4 Å². The minimum Gasteiger partial charge on any atom is -0.398 e. The van der Waals surface area contributed by atoms with Gasteiger partial charge in [0.15, 0.2) is 5.78 Å². The van der Waals surface area contributed by atoms with Crippen LogP contribution in [0.25, 0.3) is 10.8 Å². The lowest BCUT2D eigenvalue weighted by molar-refractivity contribution is -0.114. The molecular weight excluding hydrogens is 332 g/mol. The quantitative estimate of drug-likeness (QED) is 0.499. The molecule has 0 saturated heterocycles. The van der Waals surface area contributed by atoms with Crippen LogP contribution in [0.3, 0.4) is 0 Å². The molecule has 0 spiro atoms. The van der Waals surface area contributed by atoms with Gasteiger partial charge in [-0.05, 0) is 40.5 Å². The number of nitrogens with zero attached hydrogens (tertiary/aromatic N) is 1. The van der Waals surface area contributed by atoms with Crippen LogP contribution < -0.4 is 5.73 Å². The molecule has 0 fully saturated rings. The number of hydrogen-bond donors (Lipinski definition) is 1. The van der Waals surface area contributed by atoms with E-state index in [4.69, 9.17) is 10.7 Å². The Morgan fingerprint density at radius 1 is 0.815 bits per heavy atom. The highest BCUT2D eigenvalue weighted by Crippen LogP contribution is 2.38. The average molecular weight is 361 g/mol. The Morgan fingerprint density at radius 3 is 1.85 bits per heavy atom. The fourth-order valence-electron chi connectivity index (χ4n) is 3.37. The summed E-state index contributed by atoms with van der Waals surface area (Å²) in [5, 5.41) is 2.00. The summed E-state index contributed by atoms with van der Waals surface area (Å²) in [6, 6.07) is 11.9. The van der Waals surface area contributed by atoms with Gasteiger partial charge in [-0.25, -0.2) is 4.99 Å². The number of aliphatic imine (C=N–C) groups is 1. The number of carbonyl (C=O) groups is 1. The van der Waals surface area contributed by atoms with Crippen LogP contribution in [0.1, 0.15) is 41.5 Å². The van der Waals surface area contributed by atoms with Crippen LogP contribution in [0.5, 0.6) is 0 Å². The van der Waals surface area contributed by atoms with E-state index in [1.807, 2.05) is 48.6 Å². The molecule has 3 rings (SSSR count). The Bertz CT molecular complexity index is 968. The smallest absolute Gasteiger partial charge is 0.186 e. The highest BCUT2D eigenvalue weighted by molar-refractivity contribution is 6.23. The van der Waals surface area contributed by atoms with Crippen LogP contribution in [0.2, 0.25) is 0 Å². The standard InChI is InChI=1S/C24H28N2O/c1-23(2,3)17-13-16(14-18(22(17)27)24(4,5)6)26-20-12-8-10-15-9-7-11-19(25)21(15)20/h7-14H,25H2,1-6H3. The second-order valence-corrected chi connectivity index (χ2v) is 9.20. The zero-order valence-electron chi connectivity index (χ0n) is 17.1. The van der Waals surface area contributed by atoms with Gasteiger partial charge in [0.1, 0.15) is 0 Å². The topological polar surface area (TPSA) is 55.4 Å². The third-order valence-electron chi connectivity index (χ3n) is 4.85. The third kappa shape index (κ3) is 3.73. The molecule has 3 heteroatoms. The highest BCUT2D eigenvalue weighted by Gasteiger charge is 2.34. The predicted molar refractivity (Wildman–Crippen MR) is 116 cm³/mol. The fourth-order valence-corrected chi connectivity index (χ4v) is 3.37. The lowest BCUT2D eigenvalue weighted by Gasteiger charge is -2.31. The Labute approximate surface area is 161 Å². The molecule has 1 aliphatic carbocycles. The molecule has 0 unspecified atom stereocenters. The van der Waals surface area contributed by atoms with Crippen molar-refractivity contribution in [1.29, 1.82) is 0 Å². The number of anilines is 1. The first-order valence-corrected chi connectivity index (χ1v) is 9.33. The van der Waals surface area contributed by atoms with Crippen molar-refractivity contribution in [3.63, 3.8) is 0 Å². The zero-order chi connectivity index (χ0) is 20.0. The molecule has 0 amide bonds. The van der Waals surface area contributed by atoms with Crippen molar-refractivity contribution in [2.45, 2.75) is 41.5 Å². The van der Waals surface area contributed by atoms with Crippen LogP contribution in [-0.2, 0) is 4.79 Å².